The predicted octanol–water partition coefficient (Wildman–Crippen LogP) is 3.60. The number of nitrogens with zero attached hydrogens (tertiary/aromatic N) is 7. The lowest BCUT2D eigenvalue weighted by Gasteiger charge is -2.37. The fraction of sp³-hybridized carbons (Fsp3) is 0.385. The van der Waals surface area contributed by atoms with Crippen molar-refractivity contribution in [2.75, 3.05) is 36.4 Å². The van der Waals surface area contributed by atoms with Crippen molar-refractivity contribution in [2.24, 2.45) is 0 Å². The average Bonchev–Trinajstić information content (AvgIpc) is 3.25. The van der Waals surface area contributed by atoms with Crippen molar-refractivity contribution < 1.29 is 14.3 Å². The van der Waals surface area contributed by atoms with Crippen LogP contribution in [0.15, 0.2) is 36.8 Å². The number of piperazine rings is 1. The molecule has 1 aromatic carbocycles. The third kappa shape index (κ3) is 5.02. The Morgan fingerprint density at radius 2 is 1.76 bits per heavy atom. The van der Waals surface area contributed by atoms with Crippen molar-refractivity contribution in [2.45, 2.75) is 40.2 Å². The third-order valence-electron chi connectivity index (χ3n) is 6.14. The van der Waals surface area contributed by atoms with E-state index in [9.17, 15) is 9.59 Å². The Kier molecular flexibility index (Phi) is 6.14. The minimum Gasteiger partial charge on any atom is -0.444 e. The van der Waals surface area contributed by atoms with Gasteiger partial charge in [-0.15, -0.1) is 5.10 Å². The van der Waals surface area contributed by atoms with Crippen LogP contribution in [0.5, 0.6) is 0 Å². The number of benzene rings is 1. The van der Waals surface area contributed by atoms with E-state index < -0.39 is 5.60 Å². The molecule has 0 radical (unpaired) electrons. The maximum atomic E-state index is 13.3. The van der Waals surface area contributed by atoms with E-state index >= 15 is 0 Å². The molecule has 0 atom stereocenters. The second-order valence-electron chi connectivity index (χ2n) is 10.2. The number of hydrogen-bond acceptors (Lipinski definition) is 8. The van der Waals surface area contributed by atoms with E-state index in [1.165, 1.54) is 0 Å². The molecule has 4 aromatic rings. The van der Waals surface area contributed by atoms with Crippen LogP contribution in [0.3, 0.4) is 0 Å². The summed E-state index contributed by atoms with van der Waals surface area (Å²) in [6.07, 6.45) is 4.94. The molecule has 0 saturated carbocycles. The van der Waals surface area contributed by atoms with Crippen LogP contribution in [0.25, 0.3) is 16.6 Å². The molecule has 1 aliphatic heterocycles. The van der Waals surface area contributed by atoms with Gasteiger partial charge in [0.2, 0.25) is 0 Å². The van der Waals surface area contributed by atoms with Crippen molar-refractivity contribution in [3.63, 3.8) is 0 Å². The summed E-state index contributed by atoms with van der Waals surface area (Å²) in [6, 6.07) is 5.54. The van der Waals surface area contributed by atoms with Crippen molar-refractivity contribution >= 4 is 40.1 Å². The number of rotatable bonds is 3. The Balaban J connectivity index is 1.36. The minimum absolute atomic E-state index is 0.303. The highest BCUT2D eigenvalue weighted by Gasteiger charge is 2.27. The van der Waals surface area contributed by atoms with Crippen molar-refractivity contribution in [3.8, 4) is 0 Å². The summed E-state index contributed by atoms with van der Waals surface area (Å²) < 4.78 is 7.36. The van der Waals surface area contributed by atoms with Crippen LogP contribution in [0.4, 0.5) is 16.3 Å². The van der Waals surface area contributed by atoms with Gasteiger partial charge in [0, 0.05) is 43.4 Å². The van der Waals surface area contributed by atoms with Gasteiger partial charge < -0.3 is 24.3 Å². The molecule has 0 bridgehead atoms. The molecule has 1 N–H and O–H groups in total. The second kappa shape index (κ2) is 9.30. The van der Waals surface area contributed by atoms with Gasteiger partial charge in [0.05, 0.1) is 29.3 Å². The second-order valence-corrected chi connectivity index (χ2v) is 10.2. The largest absolute Gasteiger partial charge is 0.444 e. The first kappa shape index (κ1) is 24.4. The summed E-state index contributed by atoms with van der Waals surface area (Å²) in [4.78, 5) is 38.6. The number of carbonyl (C=O) groups excluding carboxylic acids is 2. The zero-order valence-electron chi connectivity index (χ0n) is 21.6. The Hall–Kier alpha value is -4.28. The molecular formula is C26H30N8O3. The van der Waals surface area contributed by atoms with E-state index in [2.05, 4.69) is 30.4 Å². The molecule has 192 valence electrons. The molecule has 1 saturated heterocycles. The number of ether oxygens (including phenoxy) is 1. The van der Waals surface area contributed by atoms with E-state index in [4.69, 9.17) is 4.74 Å². The Bertz CT molecular complexity index is 1500. The number of hydrogen-bond donors (Lipinski definition) is 1. The molecule has 11 nitrogen and oxygen atoms in total. The number of nitrogens with one attached hydrogen (secondary N) is 1. The molecule has 0 unspecified atom stereocenters. The van der Waals surface area contributed by atoms with Gasteiger partial charge in [0.25, 0.3) is 5.91 Å². The standard InChI is InChI=1S/C26H30N8O3/c1-16-14-34-15-21(29-23(34)17(2)28-16)30-24(35)19-6-7-20(18-8-9-27-31-22(18)19)32-10-12-33(13-11-32)25(36)37-26(3,4)5/h6-9,14-15H,10-13H2,1-5H3,(H,30,35). The smallest absolute Gasteiger partial charge is 0.410 e. The molecule has 0 spiro atoms. The first-order chi connectivity index (χ1) is 17.6. The van der Waals surface area contributed by atoms with Gasteiger partial charge in [-0.25, -0.2) is 9.78 Å². The first-order valence-electron chi connectivity index (χ1n) is 12.2. The van der Waals surface area contributed by atoms with Crippen LogP contribution in [0.2, 0.25) is 0 Å². The molecule has 0 aliphatic carbocycles. The van der Waals surface area contributed by atoms with E-state index in [1.54, 1.807) is 23.4 Å². The highest BCUT2D eigenvalue weighted by atomic mass is 16.6. The maximum absolute atomic E-state index is 13.3. The Labute approximate surface area is 214 Å². The monoisotopic (exact) mass is 502 g/mol. The summed E-state index contributed by atoms with van der Waals surface area (Å²) in [5, 5.41) is 12.0. The van der Waals surface area contributed by atoms with Crippen LogP contribution in [0, 0.1) is 13.8 Å². The molecule has 5 rings (SSSR count). The highest BCUT2D eigenvalue weighted by molar-refractivity contribution is 6.13. The molecular weight excluding hydrogens is 472 g/mol. The van der Waals surface area contributed by atoms with Gasteiger partial charge in [-0.1, -0.05) is 0 Å². The van der Waals surface area contributed by atoms with Crippen LogP contribution in [0.1, 0.15) is 42.5 Å². The first-order valence-corrected chi connectivity index (χ1v) is 12.2. The Morgan fingerprint density at radius 3 is 2.49 bits per heavy atom. The number of imidazole rings is 1. The third-order valence-corrected chi connectivity index (χ3v) is 6.14. The van der Waals surface area contributed by atoms with Crippen molar-refractivity contribution in [1.29, 1.82) is 0 Å². The summed E-state index contributed by atoms with van der Waals surface area (Å²) in [5.74, 6) is 0.109. The van der Waals surface area contributed by atoms with Gasteiger partial charge in [0.15, 0.2) is 11.5 Å². The normalized spacial score (nSPS) is 14.3. The van der Waals surface area contributed by atoms with E-state index in [0.717, 1.165) is 22.5 Å². The summed E-state index contributed by atoms with van der Waals surface area (Å²) in [7, 11) is 0. The number of aromatic nitrogens is 5. The topological polar surface area (TPSA) is 118 Å². The van der Waals surface area contributed by atoms with Crippen molar-refractivity contribution in [3.05, 3.63) is 53.7 Å². The fourth-order valence-corrected chi connectivity index (χ4v) is 4.53. The zero-order valence-corrected chi connectivity index (χ0v) is 21.6. The predicted molar refractivity (Wildman–Crippen MR) is 140 cm³/mol. The maximum Gasteiger partial charge on any atom is 0.410 e. The van der Waals surface area contributed by atoms with Gasteiger partial charge in [-0.05, 0) is 52.8 Å². The summed E-state index contributed by atoms with van der Waals surface area (Å²) in [6.45, 7) is 11.7. The molecule has 3 aromatic heterocycles. The van der Waals surface area contributed by atoms with Gasteiger partial charge in [0.1, 0.15) is 11.1 Å². The fourth-order valence-electron chi connectivity index (χ4n) is 4.53. The lowest BCUT2D eigenvalue weighted by Crippen LogP contribution is -2.50. The average molecular weight is 503 g/mol. The quantitative estimate of drug-likeness (QED) is 0.452. The molecule has 1 fully saturated rings. The van der Waals surface area contributed by atoms with Crippen LogP contribution in [-0.2, 0) is 4.74 Å². The summed E-state index contributed by atoms with van der Waals surface area (Å²) in [5.41, 5.74) is 3.66. The van der Waals surface area contributed by atoms with E-state index in [-0.39, 0.29) is 12.0 Å². The van der Waals surface area contributed by atoms with Gasteiger partial charge >= 0.3 is 6.09 Å². The molecule has 1 aliphatic rings. The van der Waals surface area contributed by atoms with E-state index in [1.807, 2.05) is 57.3 Å². The number of anilines is 2. The molecule has 4 heterocycles. The van der Waals surface area contributed by atoms with Crippen molar-refractivity contribution in [1.82, 2.24) is 29.5 Å². The number of amides is 2. The van der Waals surface area contributed by atoms with Gasteiger partial charge in [-0.2, -0.15) is 5.10 Å². The van der Waals surface area contributed by atoms with Crippen LogP contribution >= 0.6 is 0 Å². The number of fused-ring (bicyclic) bond motifs is 2. The Morgan fingerprint density at radius 1 is 1.00 bits per heavy atom. The zero-order chi connectivity index (χ0) is 26.3. The minimum atomic E-state index is -0.530. The summed E-state index contributed by atoms with van der Waals surface area (Å²) >= 11 is 0. The SMILES string of the molecule is Cc1cn2cc(NC(=O)c3ccc(N4CCN(C(=O)OC(C)(C)C)CC4)c4ccnnc34)nc2c(C)n1. The number of carbonyl (C=O) groups is 2. The molecule has 11 heteroatoms. The number of aryl methyl sites for hydroxylation is 2. The van der Waals surface area contributed by atoms with Crippen LogP contribution < -0.4 is 10.2 Å². The van der Waals surface area contributed by atoms with Gasteiger partial charge in [-0.3, -0.25) is 9.78 Å². The van der Waals surface area contributed by atoms with E-state index in [0.29, 0.717) is 48.7 Å². The molecule has 2 amide bonds. The highest BCUT2D eigenvalue weighted by Crippen LogP contribution is 2.29. The molecule has 37 heavy (non-hydrogen) atoms. The lowest BCUT2D eigenvalue weighted by molar-refractivity contribution is 0.0240. The van der Waals surface area contributed by atoms with Crippen LogP contribution in [-0.4, -0.2) is 73.2 Å². The lowest BCUT2D eigenvalue weighted by atomic mass is 10.1.